The molecule has 0 saturated heterocycles. The van der Waals surface area contributed by atoms with Gasteiger partial charge in [0.2, 0.25) is 0 Å². The van der Waals surface area contributed by atoms with E-state index in [1.165, 1.54) is 4.31 Å². The molecule has 0 saturated carbocycles. The van der Waals surface area contributed by atoms with Crippen molar-refractivity contribution in [2.24, 2.45) is 0 Å². The van der Waals surface area contributed by atoms with Gasteiger partial charge < -0.3 is 9.67 Å². The summed E-state index contributed by atoms with van der Waals surface area (Å²) in [6.45, 7) is 0.400. The van der Waals surface area contributed by atoms with Gasteiger partial charge >= 0.3 is 16.2 Å². The second kappa shape index (κ2) is 7.55. The average molecular weight is 432 g/mol. The first kappa shape index (κ1) is 19.5. The Balaban J connectivity index is 1.73. The highest BCUT2D eigenvalue weighted by Crippen LogP contribution is 2.38. The summed E-state index contributed by atoms with van der Waals surface area (Å²) in [5.74, 6) is -1.18. The number of anilines is 1. The Labute approximate surface area is 173 Å². The molecule has 4 rings (SSSR count). The molecule has 1 aromatic heterocycles. The fourth-order valence-electron chi connectivity index (χ4n) is 3.52. The van der Waals surface area contributed by atoms with Crippen LogP contribution in [0.1, 0.15) is 16.1 Å². The molecule has 150 valence electrons. The summed E-state index contributed by atoms with van der Waals surface area (Å²) in [6, 6.07) is 17.8. The molecule has 29 heavy (non-hydrogen) atoms. The zero-order valence-corrected chi connectivity index (χ0v) is 16.8. The van der Waals surface area contributed by atoms with E-state index in [1.807, 2.05) is 30.3 Å². The van der Waals surface area contributed by atoms with Crippen LogP contribution in [0.25, 0.3) is 11.3 Å². The van der Waals surface area contributed by atoms with Crippen LogP contribution in [0, 0.1) is 0 Å². The lowest BCUT2D eigenvalue weighted by atomic mass is 10.1. The summed E-state index contributed by atoms with van der Waals surface area (Å²) in [5.41, 5.74) is 2.11. The first-order valence-corrected chi connectivity index (χ1v) is 10.7. The number of nitrogens with one attached hydrogen (secondary N) is 1. The molecule has 2 N–H and O–H groups in total. The molecule has 0 aliphatic carbocycles. The molecule has 0 amide bonds. The third-order valence-corrected chi connectivity index (χ3v) is 6.69. The topological polar surface area (TPSA) is 91.6 Å². The van der Waals surface area contributed by atoms with Crippen molar-refractivity contribution in [2.75, 3.05) is 11.3 Å². The van der Waals surface area contributed by atoms with Gasteiger partial charge in [-0.1, -0.05) is 60.1 Å². The van der Waals surface area contributed by atoms with Gasteiger partial charge in [0, 0.05) is 24.5 Å². The normalized spacial score (nSPS) is 14.4. The predicted octanol–water partition coefficient (Wildman–Crippen LogP) is 3.68. The highest BCUT2D eigenvalue weighted by molar-refractivity contribution is 7.90. The lowest BCUT2D eigenvalue weighted by Crippen LogP contribution is -2.41. The van der Waals surface area contributed by atoms with Crippen molar-refractivity contribution in [1.29, 1.82) is 0 Å². The molecule has 0 bridgehead atoms. The Morgan fingerprint density at radius 3 is 2.24 bits per heavy atom. The van der Waals surface area contributed by atoms with Crippen molar-refractivity contribution in [3.05, 3.63) is 76.9 Å². The van der Waals surface area contributed by atoms with Crippen LogP contribution in [-0.2, 0) is 23.3 Å². The van der Waals surface area contributed by atoms with E-state index < -0.39 is 16.2 Å². The first-order chi connectivity index (χ1) is 13.9. The van der Waals surface area contributed by atoms with E-state index in [0.717, 1.165) is 5.56 Å². The highest BCUT2D eigenvalue weighted by atomic mass is 35.5. The number of para-hydroxylation sites is 1. The number of hydrogen-bond donors (Lipinski definition) is 2. The van der Waals surface area contributed by atoms with Gasteiger partial charge in [-0.25, -0.2) is 4.79 Å². The minimum Gasteiger partial charge on any atom is -0.478 e. The van der Waals surface area contributed by atoms with Gasteiger partial charge in [-0.15, -0.1) is 0 Å². The van der Waals surface area contributed by atoms with Crippen molar-refractivity contribution in [3.8, 4) is 11.3 Å². The molecule has 0 unspecified atom stereocenters. The zero-order chi connectivity index (χ0) is 20.6. The number of aromatic carboxylic acids is 1. The van der Waals surface area contributed by atoms with E-state index in [9.17, 15) is 18.3 Å². The Morgan fingerprint density at radius 1 is 1.00 bits per heavy atom. The Kier molecular flexibility index (Phi) is 5.08. The molecule has 7 nitrogen and oxygen atoms in total. The smallest absolute Gasteiger partial charge is 0.339 e. The third kappa shape index (κ3) is 3.62. The number of nitrogens with zero attached hydrogens (tertiary/aromatic N) is 2. The third-order valence-electron chi connectivity index (χ3n) is 4.83. The lowest BCUT2D eigenvalue weighted by molar-refractivity contribution is 0.0694. The van der Waals surface area contributed by atoms with Crippen LogP contribution in [0.5, 0.6) is 0 Å². The number of carboxylic acids is 1. The van der Waals surface area contributed by atoms with E-state index in [0.29, 0.717) is 23.6 Å². The molecule has 0 atom stereocenters. The van der Waals surface area contributed by atoms with Crippen LogP contribution >= 0.6 is 11.6 Å². The Bertz CT molecular complexity index is 1160. The quantitative estimate of drug-likeness (QED) is 0.644. The zero-order valence-electron chi connectivity index (χ0n) is 15.2. The summed E-state index contributed by atoms with van der Waals surface area (Å²) in [5, 5.41) is 9.84. The summed E-state index contributed by atoms with van der Waals surface area (Å²) < 4.78 is 31.2. The molecule has 1 aliphatic rings. The highest BCUT2D eigenvalue weighted by Gasteiger charge is 2.34. The van der Waals surface area contributed by atoms with Gasteiger partial charge in [-0.05, 0) is 17.7 Å². The number of benzene rings is 2. The van der Waals surface area contributed by atoms with Gasteiger partial charge in [-0.2, -0.15) is 12.7 Å². The predicted molar refractivity (Wildman–Crippen MR) is 111 cm³/mol. The molecule has 2 aromatic carbocycles. The number of halogens is 1. The van der Waals surface area contributed by atoms with Gasteiger partial charge in [0.1, 0.15) is 5.56 Å². The molecular formula is C20H18ClN3O4S. The van der Waals surface area contributed by atoms with E-state index in [1.54, 1.807) is 34.9 Å². The molecular weight excluding hydrogens is 414 g/mol. The Morgan fingerprint density at radius 2 is 1.62 bits per heavy atom. The minimum absolute atomic E-state index is 0.0647. The minimum atomic E-state index is -3.86. The molecule has 0 fully saturated rings. The van der Waals surface area contributed by atoms with Crippen molar-refractivity contribution in [1.82, 2.24) is 8.87 Å². The lowest BCUT2D eigenvalue weighted by Gasteiger charge is -2.29. The maximum atomic E-state index is 12.8. The van der Waals surface area contributed by atoms with Crippen molar-refractivity contribution < 1.29 is 18.3 Å². The fourth-order valence-corrected chi connectivity index (χ4v) is 5.10. The van der Waals surface area contributed by atoms with Gasteiger partial charge in [-0.3, -0.25) is 4.72 Å². The van der Waals surface area contributed by atoms with E-state index >= 15 is 0 Å². The molecule has 9 heteroatoms. The summed E-state index contributed by atoms with van der Waals surface area (Å²) in [4.78, 5) is 11.9. The van der Waals surface area contributed by atoms with Crippen LogP contribution in [0.2, 0.25) is 5.02 Å². The number of fused-ring (bicyclic) bond motifs is 1. The average Bonchev–Trinajstić information content (AvgIpc) is 3.00. The van der Waals surface area contributed by atoms with Gasteiger partial charge in [0.15, 0.2) is 0 Å². The summed E-state index contributed by atoms with van der Waals surface area (Å²) in [7, 11) is -3.86. The van der Waals surface area contributed by atoms with Crippen molar-refractivity contribution >= 4 is 33.5 Å². The van der Waals surface area contributed by atoms with Crippen molar-refractivity contribution in [2.45, 2.75) is 13.1 Å². The first-order valence-electron chi connectivity index (χ1n) is 8.91. The maximum absolute atomic E-state index is 12.8. The fraction of sp³-hybridized carbons (Fsp3) is 0.150. The molecule has 1 aliphatic heterocycles. The van der Waals surface area contributed by atoms with Crippen LogP contribution in [0.3, 0.4) is 0 Å². The summed E-state index contributed by atoms with van der Waals surface area (Å²) in [6.07, 6.45) is 0. The maximum Gasteiger partial charge on any atom is 0.339 e. The standard InChI is InChI=1S/C20H18ClN3O4S/c21-18-17(20(25)26)16-13-23(29(27,28)22-15-9-5-2-6-10-15)11-12-24(16)19(18)14-7-3-1-4-8-14/h1-10,22H,11-13H2,(H,25,26). The monoisotopic (exact) mass is 431 g/mol. The number of aromatic nitrogens is 1. The second-order valence-electron chi connectivity index (χ2n) is 6.61. The number of hydrogen-bond acceptors (Lipinski definition) is 3. The summed E-state index contributed by atoms with van der Waals surface area (Å²) >= 11 is 6.46. The second-order valence-corrected chi connectivity index (χ2v) is 8.66. The van der Waals surface area contributed by atoms with Crippen molar-refractivity contribution in [3.63, 3.8) is 0 Å². The number of carbonyl (C=O) groups is 1. The largest absolute Gasteiger partial charge is 0.478 e. The van der Waals surface area contributed by atoms with E-state index in [-0.39, 0.29) is 23.7 Å². The molecule has 3 aromatic rings. The van der Waals surface area contributed by atoms with Crippen LogP contribution in [0.4, 0.5) is 5.69 Å². The van der Waals surface area contributed by atoms with Crippen LogP contribution in [0.15, 0.2) is 60.7 Å². The Hall–Kier alpha value is -2.81. The molecule has 0 radical (unpaired) electrons. The number of carboxylic acid groups (broad SMARTS) is 1. The van der Waals surface area contributed by atoms with E-state index in [4.69, 9.17) is 11.6 Å². The SMILES string of the molecule is O=C(O)c1c(Cl)c(-c2ccccc2)n2c1CN(S(=O)(=O)Nc1ccccc1)CC2. The number of rotatable bonds is 5. The molecule has 0 spiro atoms. The van der Waals surface area contributed by atoms with Crippen LogP contribution in [-0.4, -0.2) is 34.9 Å². The molecule has 2 heterocycles. The van der Waals surface area contributed by atoms with Gasteiger partial charge in [0.25, 0.3) is 0 Å². The van der Waals surface area contributed by atoms with Gasteiger partial charge in [0.05, 0.1) is 17.3 Å². The van der Waals surface area contributed by atoms with Crippen LogP contribution < -0.4 is 4.72 Å². The van der Waals surface area contributed by atoms with E-state index in [2.05, 4.69) is 4.72 Å².